The molecule has 1 aliphatic rings. The fourth-order valence-corrected chi connectivity index (χ4v) is 4.25. The largest absolute Gasteiger partial charge is 0.507 e. The molecule has 3 aromatic carbocycles. The number of aliphatic hydroxyl groups is 1. The number of aliphatic hydroxyl groups excluding tert-OH is 1. The number of carbonyl (C=O) groups excluding carboxylic acids is 2. The first kappa shape index (κ1) is 24.0. The summed E-state index contributed by atoms with van der Waals surface area (Å²) < 4.78 is 24.1. The number of aryl methyl sites for hydroxylation is 1. The third-order valence-corrected chi connectivity index (χ3v) is 6.14. The van der Waals surface area contributed by atoms with Gasteiger partial charge in [-0.05, 0) is 60.9 Å². The van der Waals surface area contributed by atoms with Crippen molar-refractivity contribution in [2.24, 2.45) is 0 Å². The highest BCUT2D eigenvalue weighted by molar-refractivity contribution is 6.46. The number of nitrogens with zero attached hydrogens (tertiary/aromatic N) is 1. The van der Waals surface area contributed by atoms with Gasteiger partial charge in [0, 0.05) is 12.1 Å². The molecule has 180 valence electrons. The molecule has 7 heteroatoms. The molecule has 1 heterocycles. The van der Waals surface area contributed by atoms with Crippen LogP contribution in [0.2, 0.25) is 0 Å². The van der Waals surface area contributed by atoms with Gasteiger partial charge in [0.1, 0.15) is 11.6 Å². The lowest BCUT2D eigenvalue weighted by atomic mass is 9.94. The summed E-state index contributed by atoms with van der Waals surface area (Å²) in [6.45, 7) is 2.18. The monoisotopic (exact) mass is 475 g/mol. The molecule has 1 amide bonds. The van der Waals surface area contributed by atoms with Gasteiger partial charge < -0.3 is 19.5 Å². The lowest BCUT2D eigenvalue weighted by Gasteiger charge is -2.25. The number of hydrogen-bond donors (Lipinski definition) is 1. The molecule has 0 spiro atoms. The van der Waals surface area contributed by atoms with E-state index in [0.29, 0.717) is 23.5 Å². The van der Waals surface area contributed by atoms with Gasteiger partial charge >= 0.3 is 0 Å². The first-order valence-corrected chi connectivity index (χ1v) is 11.2. The van der Waals surface area contributed by atoms with E-state index in [9.17, 15) is 19.1 Å². The molecule has 6 nitrogen and oxygen atoms in total. The number of halogens is 1. The van der Waals surface area contributed by atoms with Crippen molar-refractivity contribution in [1.82, 2.24) is 4.90 Å². The first-order chi connectivity index (χ1) is 16.8. The van der Waals surface area contributed by atoms with Crippen molar-refractivity contribution in [3.63, 3.8) is 0 Å². The summed E-state index contributed by atoms with van der Waals surface area (Å²) in [6.07, 6.45) is 0.451. The second kappa shape index (κ2) is 10.0. The Labute approximate surface area is 203 Å². The third kappa shape index (κ3) is 4.75. The molecule has 1 unspecified atom stereocenters. The van der Waals surface area contributed by atoms with Crippen molar-refractivity contribution in [2.75, 3.05) is 20.8 Å². The number of methoxy groups -OCH3 is 2. The van der Waals surface area contributed by atoms with Crippen LogP contribution in [0.1, 0.15) is 28.3 Å². The number of ketones is 1. The summed E-state index contributed by atoms with van der Waals surface area (Å²) in [6, 6.07) is 17.3. The second-order valence-electron chi connectivity index (χ2n) is 8.35. The molecule has 0 saturated carbocycles. The molecule has 0 aliphatic carbocycles. The third-order valence-electron chi connectivity index (χ3n) is 6.14. The number of carbonyl (C=O) groups is 2. The summed E-state index contributed by atoms with van der Waals surface area (Å²) >= 11 is 0. The van der Waals surface area contributed by atoms with Crippen LogP contribution < -0.4 is 9.47 Å². The van der Waals surface area contributed by atoms with Crippen molar-refractivity contribution in [2.45, 2.75) is 19.4 Å². The van der Waals surface area contributed by atoms with Crippen LogP contribution in [0.5, 0.6) is 11.5 Å². The zero-order chi connectivity index (χ0) is 25.1. The number of benzene rings is 3. The Balaban J connectivity index is 1.73. The van der Waals surface area contributed by atoms with Crippen LogP contribution in [-0.2, 0) is 16.0 Å². The van der Waals surface area contributed by atoms with E-state index in [0.717, 1.165) is 11.1 Å². The lowest BCUT2D eigenvalue weighted by Crippen LogP contribution is -2.31. The Hall–Kier alpha value is -4.13. The molecule has 0 bridgehead atoms. The van der Waals surface area contributed by atoms with Gasteiger partial charge in [-0.25, -0.2) is 4.39 Å². The van der Waals surface area contributed by atoms with Crippen LogP contribution in [0.4, 0.5) is 4.39 Å². The van der Waals surface area contributed by atoms with Gasteiger partial charge in [-0.2, -0.15) is 0 Å². The highest BCUT2D eigenvalue weighted by atomic mass is 19.1. The quantitative estimate of drug-likeness (QED) is 0.301. The first-order valence-electron chi connectivity index (χ1n) is 11.2. The molecule has 3 aromatic rings. The highest BCUT2D eigenvalue weighted by Crippen LogP contribution is 2.39. The van der Waals surface area contributed by atoms with Gasteiger partial charge in [-0.1, -0.05) is 35.9 Å². The second-order valence-corrected chi connectivity index (χ2v) is 8.35. The maximum atomic E-state index is 13.4. The zero-order valence-electron chi connectivity index (χ0n) is 19.7. The van der Waals surface area contributed by atoms with Crippen molar-refractivity contribution < 1.29 is 28.6 Å². The summed E-state index contributed by atoms with van der Waals surface area (Å²) in [5.41, 5.74) is 2.87. The van der Waals surface area contributed by atoms with E-state index in [1.807, 2.05) is 43.3 Å². The van der Waals surface area contributed by atoms with Crippen molar-refractivity contribution in [3.8, 4) is 11.5 Å². The number of amides is 1. The average molecular weight is 476 g/mol. The van der Waals surface area contributed by atoms with Gasteiger partial charge in [0.2, 0.25) is 0 Å². The molecular formula is C28H26FNO5. The van der Waals surface area contributed by atoms with Crippen molar-refractivity contribution in [1.29, 1.82) is 0 Å². The lowest BCUT2D eigenvalue weighted by molar-refractivity contribution is -0.139. The van der Waals surface area contributed by atoms with Crippen LogP contribution in [0.3, 0.4) is 0 Å². The predicted molar refractivity (Wildman–Crippen MR) is 130 cm³/mol. The Kier molecular flexibility index (Phi) is 6.87. The van der Waals surface area contributed by atoms with Crippen LogP contribution in [0.25, 0.3) is 5.76 Å². The molecular weight excluding hydrogens is 449 g/mol. The van der Waals surface area contributed by atoms with E-state index < -0.39 is 23.5 Å². The van der Waals surface area contributed by atoms with E-state index in [1.54, 1.807) is 20.3 Å². The van der Waals surface area contributed by atoms with Gasteiger partial charge in [0.15, 0.2) is 11.5 Å². The molecule has 1 atom stereocenters. The maximum absolute atomic E-state index is 13.4. The molecule has 1 saturated heterocycles. The van der Waals surface area contributed by atoms with Gasteiger partial charge in [-0.15, -0.1) is 0 Å². The molecule has 0 aromatic heterocycles. The van der Waals surface area contributed by atoms with Crippen LogP contribution >= 0.6 is 0 Å². The van der Waals surface area contributed by atoms with Crippen LogP contribution in [-0.4, -0.2) is 42.5 Å². The van der Waals surface area contributed by atoms with Gasteiger partial charge in [0.05, 0.1) is 25.8 Å². The fourth-order valence-electron chi connectivity index (χ4n) is 4.25. The highest BCUT2D eigenvalue weighted by Gasteiger charge is 2.45. The topological polar surface area (TPSA) is 76.1 Å². The number of likely N-dealkylation sites (tertiary alicyclic amines) is 1. The van der Waals surface area contributed by atoms with Crippen LogP contribution in [0.15, 0.2) is 72.3 Å². The van der Waals surface area contributed by atoms with Crippen molar-refractivity contribution in [3.05, 3.63) is 100 Å². The molecule has 35 heavy (non-hydrogen) atoms. The predicted octanol–water partition coefficient (Wildman–Crippen LogP) is 4.82. The summed E-state index contributed by atoms with van der Waals surface area (Å²) in [4.78, 5) is 27.7. The normalized spacial score (nSPS) is 17.0. The molecule has 4 rings (SSSR count). The fraction of sp³-hybridized carbons (Fsp3) is 0.214. The smallest absolute Gasteiger partial charge is 0.295 e. The summed E-state index contributed by atoms with van der Waals surface area (Å²) in [5.74, 6) is -1.10. The Morgan fingerprint density at radius 1 is 0.943 bits per heavy atom. The Morgan fingerprint density at radius 2 is 1.60 bits per heavy atom. The minimum atomic E-state index is -0.777. The van der Waals surface area contributed by atoms with Crippen molar-refractivity contribution >= 4 is 17.4 Å². The molecule has 1 N–H and O–H groups in total. The standard InChI is InChI=1S/C28H26FNO5/c1-17-4-7-19(8-5-17)25-24(26(31)20-9-11-21(29)12-10-20)27(32)28(33)30(25)15-14-18-6-13-22(34-2)23(16-18)35-3/h4-13,16,25,31H,14-15H2,1-3H3/b26-24-. The zero-order valence-corrected chi connectivity index (χ0v) is 19.7. The molecule has 1 fully saturated rings. The maximum Gasteiger partial charge on any atom is 0.295 e. The minimum Gasteiger partial charge on any atom is -0.507 e. The Bertz CT molecular complexity index is 1280. The number of rotatable bonds is 7. The summed E-state index contributed by atoms with van der Waals surface area (Å²) in [7, 11) is 3.10. The summed E-state index contributed by atoms with van der Waals surface area (Å²) in [5, 5.41) is 11.0. The average Bonchev–Trinajstić information content (AvgIpc) is 3.12. The Morgan fingerprint density at radius 3 is 2.23 bits per heavy atom. The van der Waals surface area contributed by atoms with E-state index >= 15 is 0 Å². The van der Waals surface area contributed by atoms with Crippen LogP contribution in [0, 0.1) is 12.7 Å². The number of Topliss-reactive ketones (excluding diaryl/α,β-unsaturated/α-hetero) is 1. The van der Waals surface area contributed by atoms with E-state index in [2.05, 4.69) is 0 Å². The van der Waals surface area contributed by atoms with E-state index in [1.165, 1.54) is 29.2 Å². The van der Waals surface area contributed by atoms with E-state index in [4.69, 9.17) is 9.47 Å². The minimum absolute atomic E-state index is 0.0160. The van der Waals surface area contributed by atoms with Gasteiger partial charge in [-0.3, -0.25) is 9.59 Å². The van der Waals surface area contributed by atoms with E-state index in [-0.39, 0.29) is 23.4 Å². The molecule has 1 aliphatic heterocycles. The SMILES string of the molecule is COc1ccc(CCN2C(=O)C(=O)/C(=C(\O)c3ccc(F)cc3)C2c2ccc(C)cc2)cc1OC. The number of ether oxygens (including phenoxy) is 2. The van der Waals surface area contributed by atoms with Gasteiger partial charge in [0.25, 0.3) is 11.7 Å². The number of hydrogen-bond acceptors (Lipinski definition) is 5. The molecule has 0 radical (unpaired) electrons.